The van der Waals surface area contributed by atoms with E-state index in [9.17, 15) is 4.39 Å². The fourth-order valence-corrected chi connectivity index (χ4v) is 0.699. The molecule has 0 radical (unpaired) electrons. The monoisotopic (exact) mass is 144 g/mol. The van der Waals surface area contributed by atoms with Crippen LogP contribution in [0.2, 0.25) is 0 Å². The van der Waals surface area contributed by atoms with Gasteiger partial charge in [-0.15, -0.1) is 0 Å². The first-order valence-corrected chi connectivity index (χ1v) is 3.06. The lowest BCUT2D eigenvalue weighted by Gasteiger charge is -2.00. The maximum Gasteiger partial charge on any atom is 0.248 e. The Morgan fingerprint density at radius 3 is 2.90 bits per heavy atom. The van der Waals surface area contributed by atoms with E-state index < -0.39 is 5.82 Å². The number of aromatic nitrogens is 2. The molecule has 1 aromatic rings. The summed E-state index contributed by atoms with van der Waals surface area (Å²) in [5, 5.41) is 3.65. The molecule has 0 spiro atoms. The average Bonchev–Trinajstić information content (AvgIpc) is 2.20. The molecule has 1 heterocycles. The second-order valence-corrected chi connectivity index (χ2v) is 1.85. The van der Waals surface area contributed by atoms with Crippen molar-refractivity contribution in [2.24, 2.45) is 7.05 Å². The molecule has 56 valence electrons. The average molecular weight is 144 g/mol. The van der Waals surface area contributed by atoms with Crippen molar-refractivity contribution in [1.29, 1.82) is 0 Å². The third-order valence-electron chi connectivity index (χ3n) is 1.12. The van der Waals surface area contributed by atoms with Gasteiger partial charge in [-0.25, -0.2) is 4.68 Å². The van der Waals surface area contributed by atoms with Crippen molar-refractivity contribution in [3.63, 3.8) is 0 Å². The van der Waals surface area contributed by atoms with E-state index in [2.05, 4.69) is 5.10 Å². The van der Waals surface area contributed by atoms with Crippen LogP contribution in [0.15, 0.2) is 6.20 Å². The predicted molar refractivity (Wildman–Crippen MR) is 34.3 cm³/mol. The molecule has 0 saturated carbocycles. The molecular weight excluding hydrogens is 135 g/mol. The number of rotatable bonds is 2. The van der Waals surface area contributed by atoms with Crippen molar-refractivity contribution in [1.82, 2.24) is 9.78 Å². The fraction of sp³-hybridized carbons (Fsp3) is 0.500. The lowest BCUT2D eigenvalue weighted by atomic mass is 10.6. The van der Waals surface area contributed by atoms with E-state index in [0.29, 0.717) is 6.61 Å². The maximum atomic E-state index is 12.6. The zero-order chi connectivity index (χ0) is 7.56. The number of hydrogen-bond donors (Lipinski definition) is 0. The van der Waals surface area contributed by atoms with Crippen LogP contribution in [0.1, 0.15) is 6.92 Å². The summed E-state index contributed by atoms with van der Waals surface area (Å²) in [5.74, 6) is -0.216. The summed E-state index contributed by atoms with van der Waals surface area (Å²) in [7, 11) is 1.63. The molecule has 0 fully saturated rings. The second-order valence-electron chi connectivity index (χ2n) is 1.85. The van der Waals surface area contributed by atoms with E-state index in [4.69, 9.17) is 4.74 Å². The Morgan fingerprint density at radius 2 is 2.50 bits per heavy atom. The lowest BCUT2D eigenvalue weighted by molar-refractivity contribution is 0.293. The Morgan fingerprint density at radius 1 is 1.80 bits per heavy atom. The van der Waals surface area contributed by atoms with Crippen molar-refractivity contribution in [3.05, 3.63) is 12.0 Å². The number of aryl methyl sites for hydroxylation is 1. The van der Waals surface area contributed by atoms with Crippen LogP contribution in [-0.2, 0) is 7.05 Å². The van der Waals surface area contributed by atoms with E-state index in [1.54, 1.807) is 14.0 Å². The Kier molecular flexibility index (Phi) is 1.89. The minimum Gasteiger partial charge on any atom is -0.476 e. The van der Waals surface area contributed by atoms with Gasteiger partial charge < -0.3 is 4.74 Å². The molecule has 1 aromatic heterocycles. The van der Waals surface area contributed by atoms with Gasteiger partial charge in [0.25, 0.3) is 0 Å². The SMILES string of the molecule is CCOc1c(F)cnn1C. The highest BCUT2D eigenvalue weighted by Gasteiger charge is 2.06. The number of halogens is 1. The van der Waals surface area contributed by atoms with Gasteiger partial charge in [-0.2, -0.15) is 9.49 Å². The van der Waals surface area contributed by atoms with Gasteiger partial charge in [-0.3, -0.25) is 0 Å². The van der Waals surface area contributed by atoms with Gasteiger partial charge in [0.15, 0.2) is 0 Å². The molecular formula is C6H9FN2O. The maximum absolute atomic E-state index is 12.6. The van der Waals surface area contributed by atoms with E-state index in [0.717, 1.165) is 6.20 Å². The van der Waals surface area contributed by atoms with Gasteiger partial charge in [-0.1, -0.05) is 0 Å². The number of nitrogens with zero attached hydrogens (tertiary/aromatic N) is 2. The summed E-state index contributed by atoms with van der Waals surface area (Å²) in [6.45, 7) is 2.25. The molecule has 0 aliphatic heterocycles. The Labute approximate surface area is 58.4 Å². The Balaban J connectivity index is 2.87. The van der Waals surface area contributed by atoms with Crippen molar-refractivity contribution in [2.45, 2.75) is 6.92 Å². The third-order valence-corrected chi connectivity index (χ3v) is 1.12. The molecule has 0 aliphatic rings. The van der Waals surface area contributed by atoms with E-state index >= 15 is 0 Å². The fourth-order valence-electron chi connectivity index (χ4n) is 0.699. The molecule has 3 nitrogen and oxygen atoms in total. The van der Waals surface area contributed by atoms with Crippen LogP contribution in [-0.4, -0.2) is 16.4 Å². The quantitative estimate of drug-likeness (QED) is 0.618. The molecule has 0 atom stereocenters. The minimum absolute atomic E-state index is 0.197. The topological polar surface area (TPSA) is 27.1 Å². The summed E-state index contributed by atoms with van der Waals surface area (Å²) < 4.78 is 18.9. The molecule has 0 unspecified atom stereocenters. The van der Waals surface area contributed by atoms with Gasteiger partial charge >= 0.3 is 0 Å². The van der Waals surface area contributed by atoms with Crippen molar-refractivity contribution in [3.8, 4) is 5.88 Å². The van der Waals surface area contributed by atoms with Crippen LogP contribution >= 0.6 is 0 Å². The summed E-state index contributed by atoms with van der Waals surface area (Å²) in [6.07, 6.45) is 1.13. The second kappa shape index (κ2) is 2.68. The van der Waals surface area contributed by atoms with Gasteiger partial charge in [-0.05, 0) is 6.92 Å². The molecule has 0 bridgehead atoms. The molecule has 4 heteroatoms. The first kappa shape index (κ1) is 7.05. The van der Waals surface area contributed by atoms with Crippen molar-refractivity contribution >= 4 is 0 Å². The lowest BCUT2D eigenvalue weighted by Crippen LogP contribution is -2.00. The van der Waals surface area contributed by atoms with Crippen molar-refractivity contribution in [2.75, 3.05) is 6.61 Å². The van der Waals surface area contributed by atoms with Crippen LogP contribution in [0.4, 0.5) is 4.39 Å². The minimum atomic E-state index is -0.413. The smallest absolute Gasteiger partial charge is 0.248 e. The first-order chi connectivity index (χ1) is 4.75. The zero-order valence-corrected chi connectivity index (χ0v) is 5.97. The molecule has 0 aromatic carbocycles. The standard InChI is InChI=1S/C6H9FN2O/c1-3-10-6-5(7)4-8-9(6)2/h4H,3H2,1-2H3. The van der Waals surface area contributed by atoms with Crippen LogP contribution in [0.5, 0.6) is 5.88 Å². The first-order valence-electron chi connectivity index (χ1n) is 3.06. The van der Waals surface area contributed by atoms with Crippen molar-refractivity contribution < 1.29 is 9.13 Å². The highest BCUT2D eigenvalue weighted by atomic mass is 19.1. The van der Waals surface area contributed by atoms with Crippen LogP contribution in [0.25, 0.3) is 0 Å². The number of hydrogen-bond acceptors (Lipinski definition) is 2. The predicted octanol–water partition coefficient (Wildman–Crippen LogP) is 0.958. The van der Waals surface area contributed by atoms with Gasteiger partial charge in [0, 0.05) is 7.05 Å². The largest absolute Gasteiger partial charge is 0.476 e. The van der Waals surface area contributed by atoms with Gasteiger partial charge in [0.2, 0.25) is 11.7 Å². The van der Waals surface area contributed by atoms with Gasteiger partial charge in [0.1, 0.15) is 0 Å². The highest BCUT2D eigenvalue weighted by molar-refractivity contribution is 5.10. The van der Waals surface area contributed by atoms with Crippen LogP contribution in [0, 0.1) is 5.82 Å². The summed E-state index contributed by atoms with van der Waals surface area (Å²) >= 11 is 0. The molecule has 1 rings (SSSR count). The summed E-state index contributed by atoms with van der Waals surface area (Å²) in [6, 6.07) is 0. The Hall–Kier alpha value is -1.06. The highest BCUT2D eigenvalue weighted by Crippen LogP contribution is 2.13. The number of ether oxygens (including phenoxy) is 1. The summed E-state index contributed by atoms with van der Waals surface area (Å²) in [5.41, 5.74) is 0. The molecule has 0 aliphatic carbocycles. The normalized spacial score (nSPS) is 9.90. The zero-order valence-electron chi connectivity index (χ0n) is 5.97. The molecule has 0 saturated heterocycles. The van der Waals surface area contributed by atoms with E-state index in [1.165, 1.54) is 4.68 Å². The molecule has 0 N–H and O–H groups in total. The molecule has 10 heavy (non-hydrogen) atoms. The Bertz CT molecular complexity index is 202. The van der Waals surface area contributed by atoms with E-state index in [1.807, 2.05) is 0 Å². The third kappa shape index (κ3) is 1.10. The van der Waals surface area contributed by atoms with Crippen LogP contribution < -0.4 is 4.74 Å². The summed E-state index contributed by atoms with van der Waals surface area (Å²) in [4.78, 5) is 0. The van der Waals surface area contributed by atoms with Gasteiger partial charge in [0.05, 0.1) is 12.8 Å². The van der Waals surface area contributed by atoms with Crippen LogP contribution in [0.3, 0.4) is 0 Å². The molecule has 0 amide bonds. The van der Waals surface area contributed by atoms with E-state index in [-0.39, 0.29) is 5.88 Å².